The zero-order valence-electron chi connectivity index (χ0n) is 9.65. The molecule has 1 aromatic rings. The van der Waals surface area contributed by atoms with E-state index >= 15 is 0 Å². The van der Waals surface area contributed by atoms with Gasteiger partial charge >= 0.3 is 0 Å². The van der Waals surface area contributed by atoms with Crippen molar-refractivity contribution in [2.45, 2.75) is 25.7 Å². The van der Waals surface area contributed by atoms with Crippen LogP contribution in [0.4, 0.5) is 5.69 Å². The highest BCUT2D eigenvalue weighted by atomic mass is 16.3. The lowest BCUT2D eigenvalue weighted by Crippen LogP contribution is -2.02. The lowest BCUT2D eigenvalue weighted by atomic mass is 10.1. The second-order valence-electron chi connectivity index (χ2n) is 3.89. The van der Waals surface area contributed by atoms with Gasteiger partial charge in [0, 0.05) is 25.4 Å². The standard InChI is InChI=1S/C13H21NO2/c15-9-3-1-2-8-14-13-6-4-5-12(11-13)7-10-16/h4-6,11,14-16H,1-3,7-10H2. The molecule has 90 valence electrons. The molecule has 0 atom stereocenters. The Kier molecular flexibility index (Phi) is 6.61. The number of benzene rings is 1. The minimum atomic E-state index is 0.194. The van der Waals surface area contributed by atoms with Gasteiger partial charge in [-0.25, -0.2) is 0 Å². The van der Waals surface area contributed by atoms with E-state index in [4.69, 9.17) is 10.2 Å². The fourth-order valence-corrected chi connectivity index (χ4v) is 1.61. The van der Waals surface area contributed by atoms with Crippen LogP contribution in [0.25, 0.3) is 0 Å². The van der Waals surface area contributed by atoms with Crippen LogP contribution in [0.2, 0.25) is 0 Å². The van der Waals surface area contributed by atoms with Gasteiger partial charge in [0.25, 0.3) is 0 Å². The predicted octanol–water partition coefficient (Wildman–Crippen LogP) is 1.80. The Labute approximate surface area is 97.1 Å². The minimum Gasteiger partial charge on any atom is -0.396 e. The van der Waals surface area contributed by atoms with Gasteiger partial charge in [0.15, 0.2) is 0 Å². The van der Waals surface area contributed by atoms with E-state index in [0.29, 0.717) is 6.42 Å². The number of anilines is 1. The molecule has 0 spiro atoms. The Balaban J connectivity index is 2.27. The van der Waals surface area contributed by atoms with E-state index in [-0.39, 0.29) is 13.2 Å². The first kappa shape index (κ1) is 13.0. The van der Waals surface area contributed by atoms with Crippen LogP contribution >= 0.6 is 0 Å². The SMILES string of the molecule is OCCCCCNc1cccc(CCO)c1. The maximum atomic E-state index is 8.84. The number of unbranched alkanes of at least 4 members (excludes halogenated alkanes) is 2. The van der Waals surface area contributed by atoms with Gasteiger partial charge in [-0.1, -0.05) is 12.1 Å². The lowest BCUT2D eigenvalue weighted by Gasteiger charge is -2.07. The molecule has 0 unspecified atom stereocenters. The van der Waals surface area contributed by atoms with Crippen LogP contribution in [0.15, 0.2) is 24.3 Å². The smallest absolute Gasteiger partial charge is 0.0471 e. The maximum absolute atomic E-state index is 8.84. The Morgan fingerprint density at radius 1 is 1.00 bits per heavy atom. The van der Waals surface area contributed by atoms with E-state index in [1.807, 2.05) is 18.2 Å². The number of aliphatic hydroxyl groups is 2. The summed E-state index contributed by atoms with van der Waals surface area (Å²) in [6.45, 7) is 1.41. The summed E-state index contributed by atoms with van der Waals surface area (Å²) in [5.74, 6) is 0. The summed E-state index contributed by atoms with van der Waals surface area (Å²) in [5, 5.41) is 20.8. The molecule has 0 saturated carbocycles. The Hall–Kier alpha value is -1.06. The molecule has 1 aromatic carbocycles. The zero-order chi connectivity index (χ0) is 11.6. The van der Waals surface area contributed by atoms with Crippen molar-refractivity contribution in [1.82, 2.24) is 0 Å². The molecule has 3 nitrogen and oxygen atoms in total. The van der Waals surface area contributed by atoms with Crippen molar-refractivity contribution in [3.05, 3.63) is 29.8 Å². The molecule has 16 heavy (non-hydrogen) atoms. The van der Waals surface area contributed by atoms with Crippen molar-refractivity contribution in [2.24, 2.45) is 0 Å². The van der Waals surface area contributed by atoms with Gasteiger partial charge in [-0.05, 0) is 43.4 Å². The summed E-state index contributed by atoms with van der Waals surface area (Å²) < 4.78 is 0. The first-order valence-electron chi connectivity index (χ1n) is 5.91. The van der Waals surface area contributed by atoms with Crippen LogP contribution in [-0.4, -0.2) is 30.0 Å². The highest BCUT2D eigenvalue weighted by molar-refractivity contribution is 5.45. The lowest BCUT2D eigenvalue weighted by molar-refractivity contribution is 0.283. The van der Waals surface area contributed by atoms with Crippen molar-refractivity contribution in [1.29, 1.82) is 0 Å². The van der Waals surface area contributed by atoms with Gasteiger partial charge < -0.3 is 15.5 Å². The summed E-state index contributed by atoms with van der Waals surface area (Å²) in [6.07, 6.45) is 3.72. The third-order valence-electron chi connectivity index (χ3n) is 2.49. The fraction of sp³-hybridized carbons (Fsp3) is 0.538. The summed E-state index contributed by atoms with van der Waals surface area (Å²) in [6, 6.07) is 8.13. The van der Waals surface area contributed by atoms with Crippen molar-refractivity contribution in [3.8, 4) is 0 Å². The number of rotatable bonds is 8. The third kappa shape index (κ3) is 5.14. The molecule has 3 N–H and O–H groups in total. The van der Waals surface area contributed by atoms with Crippen LogP contribution in [-0.2, 0) is 6.42 Å². The Morgan fingerprint density at radius 3 is 2.62 bits per heavy atom. The maximum Gasteiger partial charge on any atom is 0.0471 e. The second kappa shape index (κ2) is 8.13. The Morgan fingerprint density at radius 2 is 1.88 bits per heavy atom. The van der Waals surface area contributed by atoms with Crippen molar-refractivity contribution in [2.75, 3.05) is 25.1 Å². The van der Waals surface area contributed by atoms with Gasteiger partial charge in [-0.15, -0.1) is 0 Å². The van der Waals surface area contributed by atoms with E-state index in [2.05, 4.69) is 11.4 Å². The minimum absolute atomic E-state index is 0.194. The number of hydrogen-bond acceptors (Lipinski definition) is 3. The summed E-state index contributed by atoms with van der Waals surface area (Å²) in [4.78, 5) is 0. The van der Waals surface area contributed by atoms with Gasteiger partial charge in [0.05, 0.1) is 0 Å². The number of hydrogen-bond donors (Lipinski definition) is 3. The highest BCUT2D eigenvalue weighted by Gasteiger charge is 1.95. The monoisotopic (exact) mass is 223 g/mol. The molecule has 0 amide bonds. The van der Waals surface area contributed by atoms with Crippen molar-refractivity contribution >= 4 is 5.69 Å². The number of aliphatic hydroxyl groups excluding tert-OH is 2. The van der Waals surface area contributed by atoms with Crippen LogP contribution in [0.5, 0.6) is 0 Å². The first-order valence-corrected chi connectivity index (χ1v) is 5.91. The van der Waals surface area contributed by atoms with Crippen LogP contribution in [0, 0.1) is 0 Å². The Bertz CT molecular complexity index is 289. The third-order valence-corrected chi connectivity index (χ3v) is 2.49. The van der Waals surface area contributed by atoms with Crippen LogP contribution in [0.1, 0.15) is 24.8 Å². The topological polar surface area (TPSA) is 52.5 Å². The average molecular weight is 223 g/mol. The molecule has 0 aromatic heterocycles. The molecule has 0 aliphatic rings. The highest BCUT2D eigenvalue weighted by Crippen LogP contribution is 2.11. The van der Waals surface area contributed by atoms with Gasteiger partial charge in [-0.3, -0.25) is 0 Å². The van der Waals surface area contributed by atoms with Gasteiger partial charge in [0.1, 0.15) is 0 Å². The van der Waals surface area contributed by atoms with Crippen molar-refractivity contribution in [3.63, 3.8) is 0 Å². The molecular formula is C13H21NO2. The van der Waals surface area contributed by atoms with Crippen molar-refractivity contribution < 1.29 is 10.2 Å². The van der Waals surface area contributed by atoms with E-state index in [1.54, 1.807) is 0 Å². The van der Waals surface area contributed by atoms with E-state index in [9.17, 15) is 0 Å². The number of nitrogens with one attached hydrogen (secondary N) is 1. The normalized spacial score (nSPS) is 10.4. The molecular weight excluding hydrogens is 202 g/mol. The molecule has 0 saturated heterocycles. The summed E-state index contributed by atoms with van der Waals surface area (Å²) >= 11 is 0. The molecule has 0 heterocycles. The van der Waals surface area contributed by atoms with E-state index in [1.165, 1.54) is 0 Å². The van der Waals surface area contributed by atoms with E-state index in [0.717, 1.165) is 37.1 Å². The molecule has 1 rings (SSSR count). The molecule has 0 bridgehead atoms. The largest absolute Gasteiger partial charge is 0.396 e. The molecule has 3 heteroatoms. The molecule has 0 fully saturated rings. The fourth-order valence-electron chi connectivity index (χ4n) is 1.61. The first-order chi connectivity index (χ1) is 7.86. The van der Waals surface area contributed by atoms with E-state index < -0.39 is 0 Å². The van der Waals surface area contributed by atoms with Gasteiger partial charge in [-0.2, -0.15) is 0 Å². The summed E-state index contributed by atoms with van der Waals surface area (Å²) in [5.41, 5.74) is 2.26. The second-order valence-corrected chi connectivity index (χ2v) is 3.89. The quantitative estimate of drug-likeness (QED) is 0.589. The molecule has 0 aliphatic heterocycles. The molecule has 0 aliphatic carbocycles. The summed E-state index contributed by atoms with van der Waals surface area (Å²) in [7, 11) is 0. The molecule has 0 radical (unpaired) electrons. The predicted molar refractivity (Wildman–Crippen MR) is 66.7 cm³/mol. The average Bonchev–Trinajstić information content (AvgIpc) is 2.30. The zero-order valence-corrected chi connectivity index (χ0v) is 9.65. The van der Waals surface area contributed by atoms with Crippen LogP contribution < -0.4 is 5.32 Å². The van der Waals surface area contributed by atoms with Crippen LogP contribution in [0.3, 0.4) is 0 Å². The van der Waals surface area contributed by atoms with Gasteiger partial charge in [0.2, 0.25) is 0 Å².